The van der Waals surface area contributed by atoms with E-state index in [9.17, 15) is 27.9 Å². The van der Waals surface area contributed by atoms with Crippen molar-refractivity contribution in [3.63, 3.8) is 0 Å². The van der Waals surface area contributed by atoms with Crippen molar-refractivity contribution in [3.8, 4) is 0 Å². The van der Waals surface area contributed by atoms with Crippen molar-refractivity contribution < 1.29 is 27.9 Å². The second-order valence-electron chi connectivity index (χ2n) is 5.91. The van der Waals surface area contributed by atoms with Gasteiger partial charge < -0.3 is 10.4 Å². The molecule has 0 heterocycles. The summed E-state index contributed by atoms with van der Waals surface area (Å²) < 4.78 is 38.5. The number of amides is 1. The van der Waals surface area contributed by atoms with Gasteiger partial charge in [0.25, 0.3) is 0 Å². The lowest BCUT2D eigenvalue weighted by molar-refractivity contribution is -0.172. The van der Waals surface area contributed by atoms with Crippen LogP contribution in [-0.4, -0.2) is 28.7 Å². The van der Waals surface area contributed by atoms with E-state index in [0.29, 0.717) is 6.42 Å². The number of hydrogen-bond donors (Lipinski definition) is 2. The first kappa shape index (κ1) is 13.5. The summed E-state index contributed by atoms with van der Waals surface area (Å²) in [7, 11) is 0. The molecule has 0 aromatic heterocycles. The van der Waals surface area contributed by atoms with Crippen LogP contribution in [0.3, 0.4) is 0 Å². The van der Waals surface area contributed by atoms with Crippen molar-refractivity contribution in [2.45, 2.75) is 31.0 Å². The lowest BCUT2D eigenvalue weighted by atomic mass is 9.82. The zero-order valence-electron chi connectivity index (χ0n) is 10.5. The number of nitrogens with one attached hydrogen (secondary N) is 1. The molecule has 3 aliphatic carbocycles. The molecule has 0 radical (unpaired) electrons. The fraction of sp³-hybridized carbons (Fsp3) is 0.692. The Morgan fingerprint density at radius 2 is 1.70 bits per heavy atom. The van der Waals surface area contributed by atoms with Crippen LogP contribution < -0.4 is 5.32 Å². The highest BCUT2D eigenvalue weighted by Gasteiger charge is 2.65. The summed E-state index contributed by atoms with van der Waals surface area (Å²) in [6.45, 7) is 0. The maximum Gasteiger partial charge on any atom is 0.411 e. The fourth-order valence-corrected chi connectivity index (χ4v) is 3.44. The average Bonchev–Trinajstić information content (AvgIpc) is 2.85. The first-order valence-corrected chi connectivity index (χ1v) is 6.55. The molecule has 0 saturated heterocycles. The topological polar surface area (TPSA) is 66.4 Å². The van der Waals surface area contributed by atoms with E-state index >= 15 is 0 Å². The third-order valence-corrected chi connectivity index (χ3v) is 4.70. The van der Waals surface area contributed by atoms with Crippen LogP contribution in [-0.2, 0) is 9.59 Å². The molecule has 2 saturated carbocycles. The number of halogens is 3. The number of rotatable bonds is 3. The van der Waals surface area contributed by atoms with Crippen LogP contribution in [0.1, 0.15) is 19.3 Å². The molecular weight excluding hydrogens is 275 g/mol. The minimum absolute atomic E-state index is 0.128. The van der Waals surface area contributed by atoms with Gasteiger partial charge in [-0.2, -0.15) is 13.2 Å². The minimum Gasteiger partial charge on any atom is -0.481 e. The number of hydrogen-bond acceptors (Lipinski definition) is 2. The van der Waals surface area contributed by atoms with Crippen LogP contribution in [0.2, 0.25) is 0 Å². The molecule has 4 nitrogen and oxygen atoms in total. The van der Waals surface area contributed by atoms with E-state index in [2.05, 4.69) is 5.32 Å². The van der Waals surface area contributed by atoms with Gasteiger partial charge in [-0.15, -0.1) is 0 Å². The summed E-state index contributed by atoms with van der Waals surface area (Å²) in [5.41, 5.74) is -2.13. The quantitative estimate of drug-likeness (QED) is 0.777. The Hall–Kier alpha value is -1.53. The smallest absolute Gasteiger partial charge is 0.411 e. The standard InChI is InChI=1S/C13H14F3NO3/c14-13(15,16)12(3-4-12)17-10(18)8-6-1-2-7(5-6)9(8)11(19)20/h1-2,6-9H,3-5H2,(H,17,18)(H,19,20). The molecule has 2 N–H and O–H groups in total. The molecule has 20 heavy (non-hydrogen) atoms. The summed E-state index contributed by atoms with van der Waals surface area (Å²) in [4.78, 5) is 23.4. The molecule has 4 atom stereocenters. The first-order valence-electron chi connectivity index (χ1n) is 6.55. The molecule has 3 rings (SSSR count). The summed E-state index contributed by atoms with van der Waals surface area (Å²) in [5.74, 6) is -4.18. The van der Waals surface area contributed by atoms with Gasteiger partial charge >= 0.3 is 12.1 Å². The summed E-state index contributed by atoms with van der Waals surface area (Å²) >= 11 is 0. The Morgan fingerprint density at radius 3 is 2.15 bits per heavy atom. The van der Waals surface area contributed by atoms with Crippen molar-refractivity contribution in [1.29, 1.82) is 0 Å². The number of carbonyl (C=O) groups is 2. The van der Waals surface area contributed by atoms with Crippen molar-refractivity contribution >= 4 is 11.9 Å². The molecular formula is C13H14F3NO3. The summed E-state index contributed by atoms with van der Waals surface area (Å²) in [5, 5.41) is 11.3. The number of carboxylic acids is 1. The molecule has 0 aromatic rings. The van der Waals surface area contributed by atoms with Crippen LogP contribution in [0.5, 0.6) is 0 Å². The molecule has 110 valence electrons. The van der Waals surface area contributed by atoms with Gasteiger partial charge in [0, 0.05) is 0 Å². The van der Waals surface area contributed by atoms with Crippen molar-refractivity contribution in [1.82, 2.24) is 5.32 Å². The molecule has 3 aliphatic rings. The maximum absolute atomic E-state index is 12.8. The monoisotopic (exact) mass is 289 g/mol. The highest BCUT2D eigenvalue weighted by molar-refractivity contribution is 5.87. The van der Waals surface area contributed by atoms with Gasteiger partial charge in [0.15, 0.2) is 0 Å². The van der Waals surface area contributed by atoms with Gasteiger partial charge in [-0.3, -0.25) is 9.59 Å². The van der Waals surface area contributed by atoms with Crippen LogP contribution in [0.15, 0.2) is 12.2 Å². The summed E-state index contributed by atoms with van der Waals surface area (Å²) in [6.07, 6.45) is -0.693. The van der Waals surface area contributed by atoms with E-state index in [1.54, 1.807) is 12.2 Å². The number of alkyl halides is 3. The Balaban J connectivity index is 1.78. The number of fused-ring (bicyclic) bond motifs is 2. The van der Waals surface area contributed by atoms with Gasteiger partial charge in [-0.25, -0.2) is 0 Å². The Morgan fingerprint density at radius 1 is 1.15 bits per heavy atom. The fourth-order valence-electron chi connectivity index (χ4n) is 3.44. The maximum atomic E-state index is 12.8. The second kappa shape index (κ2) is 3.99. The predicted octanol–water partition coefficient (Wildman–Crippen LogP) is 1.72. The average molecular weight is 289 g/mol. The van der Waals surface area contributed by atoms with E-state index in [1.807, 2.05) is 0 Å². The molecule has 7 heteroatoms. The third kappa shape index (κ3) is 1.83. The van der Waals surface area contributed by atoms with Crippen molar-refractivity contribution in [3.05, 3.63) is 12.2 Å². The molecule has 4 unspecified atom stereocenters. The predicted molar refractivity (Wildman–Crippen MR) is 61.5 cm³/mol. The number of carboxylic acid groups (broad SMARTS) is 1. The molecule has 2 bridgehead atoms. The third-order valence-electron chi connectivity index (χ3n) is 4.70. The summed E-state index contributed by atoms with van der Waals surface area (Å²) in [6, 6.07) is 0. The van der Waals surface area contributed by atoms with Crippen LogP contribution in [0.4, 0.5) is 13.2 Å². The molecule has 0 aromatic carbocycles. The zero-order chi connectivity index (χ0) is 14.7. The van der Waals surface area contributed by atoms with Gasteiger partial charge in [0.1, 0.15) is 5.54 Å². The van der Waals surface area contributed by atoms with E-state index in [0.717, 1.165) is 0 Å². The lowest BCUT2D eigenvalue weighted by Crippen LogP contribution is -2.52. The highest BCUT2D eigenvalue weighted by Crippen LogP contribution is 2.52. The molecule has 0 spiro atoms. The van der Waals surface area contributed by atoms with Gasteiger partial charge in [0.05, 0.1) is 11.8 Å². The number of carbonyl (C=O) groups excluding carboxylic acids is 1. The van der Waals surface area contributed by atoms with Gasteiger partial charge in [0.2, 0.25) is 5.91 Å². The van der Waals surface area contributed by atoms with Crippen LogP contribution in [0, 0.1) is 23.7 Å². The van der Waals surface area contributed by atoms with E-state index in [4.69, 9.17) is 0 Å². The van der Waals surface area contributed by atoms with Crippen molar-refractivity contribution in [2.75, 3.05) is 0 Å². The molecule has 1 amide bonds. The van der Waals surface area contributed by atoms with Crippen molar-refractivity contribution in [2.24, 2.45) is 23.7 Å². The SMILES string of the molecule is O=C(O)C1C2C=CC(C2)C1C(=O)NC1(C(F)(F)F)CC1. The van der Waals surface area contributed by atoms with Gasteiger partial charge in [-0.05, 0) is 31.1 Å². The van der Waals surface area contributed by atoms with Gasteiger partial charge in [-0.1, -0.05) is 12.2 Å². The second-order valence-corrected chi connectivity index (χ2v) is 5.91. The van der Waals surface area contributed by atoms with Crippen LogP contribution >= 0.6 is 0 Å². The molecule has 2 fully saturated rings. The van der Waals surface area contributed by atoms with Crippen LogP contribution in [0.25, 0.3) is 0 Å². The number of allylic oxidation sites excluding steroid dienone is 2. The van der Waals surface area contributed by atoms with E-state index in [1.165, 1.54) is 0 Å². The Bertz CT molecular complexity index is 496. The Labute approximate surface area is 113 Å². The zero-order valence-corrected chi connectivity index (χ0v) is 10.5. The Kier molecular flexibility index (Phi) is 2.68. The lowest BCUT2D eigenvalue weighted by Gasteiger charge is -2.27. The molecule has 0 aliphatic heterocycles. The minimum atomic E-state index is -4.48. The highest BCUT2D eigenvalue weighted by atomic mass is 19.4. The largest absolute Gasteiger partial charge is 0.481 e. The first-order chi connectivity index (χ1) is 9.25. The normalized spacial score (nSPS) is 37.0. The van der Waals surface area contributed by atoms with E-state index < -0.39 is 35.4 Å². The number of aliphatic carboxylic acids is 1. The van der Waals surface area contributed by atoms with E-state index in [-0.39, 0.29) is 24.7 Å².